The van der Waals surface area contributed by atoms with Crippen LogP contribution in [0.15, 0.2) is 41.8 Å². The molecule has 100 valence electrons. The second kappa shape index (κ2) is 6.22. The number of nitrogens with zero attached hydrogens (tertiary/aromatic N) is 1. The molecule has 1 aromatic carbocycles. The van der Waals surface area contributed by atoms with Crippen LogP contribution in [0.2, 0.25) is 0 Å². The minimum absolute atomic E-state index is 0.0688. The lowest BCUT2D eigenvalue weighted by Crippen LogP contribution is -2.29. The van der Waals surface area contributed by atoms with Crippen LogP contribution in [0.4, 0.5) is 0 Å². The van der Waals surface area contributed by atoms with Gasteiger partial charge in [0.05, 0.1) is 6.54 Å². The van der Waals surface area contributed by atoms with Crippen molar-refractivity contribution in [3.63, 3.8) is 0 Å². The standard InChI is InChI=1S/C15H16ClNOS/c1-11-8-9-19-13(11)10-17(2)15(18)14(16)12-6-4-3-5-7-12/h3-9,14H,10H2,1-2H3. The molecule has 1 aromatic heterocycles. The highest BCUT2D eigenvalue weighted by molar-refractivity contribution is 7.10. The van der Waals surface area contributed by atoms with Crippen LogP contribution >= 0.6 is 22.9 Å². The summed E-state index contributed by atoms with van der Waals surface area (Å²) in [5.41, 5.74) is 2.06. The molecule has 1 heterocycles. The van der Waals surface area contributed by atoms with Gasteiger partial charge in [-0.1, -0.05) is 30.3 Å². The van der Waals surface area contributed by atoms with E-state index in [0.717, 1.165) is 5.56 Å². The van der Waals surface area contributed by atoms with E-state index in [1.807, 2.05) is 35.7 Å². The van der Waals surface area contributed by atoms with Gasteiger partial charge in [-0.15, -0.1) is 22.9 Å². The number of hydrogen-bond donors (Lipinski definition) is 0. The number of likely N-dealkylation sites (N-methyl/N-ethyl adjacent to an activating group) is 1. The number of amides is 1. The monoisotopic (exact) mass is 293 g/mol. The Kier molecular flexibility index (Phi) is 4.61. The number of hydrogen-bond acceptors (Lipinski definition) is 2. The quantitative estimate of drug-likeness (QED) is 0.781. The van der Waals surface area contributed by atoms with Crippen LogP contribution in [0.3, 0.4) is 0 Å². The van der Waals surface area contributed by atoms with E-state index in [0.29, 0.717) is 6.54 Å². The van der Waals surface area contributed by atoms with Crippen LogP contribution < -0.4 is 0 Å². The van der Waals surface area contributed by atoms with E-state index in [9.17, 15) is 4.79 Å². The number of carbonyl (C=O) groups excluding carboxylic acids is 1. The Morgan fingerprint density at radius 2 is 2.00 bits per heavy atom. The predicted octanol–water partition coefficient (Wildman–Crippen LogP) is 4.00. The summed E-state index contributed by atoms with van der Waals surface area (Å²) in [4.78, 5) is 15.2. The van der Waals surface area contributed by atoms with Crippen molar-refractivity contribution in [3.8, 4) is 0 Å². The van der Waals surface area contributed by atoms with Gasteiger partial charge in [0, 0.05) is 11.9 Å². The van der Waals surface area contributed by atoms with Gasteiger partial charge in [-0.25, -0.2) is 0 Å². The van der Waals surface area contributed by atoms with Crippen LogP contribution in [-0.4, -0.2) is 17.9 Å². The van der Waals surface area contributed by atoms with Crippen molar-refractivity contribution < 1.29 is 4.79 Å². The van der Waals surface area contributed by atoms with Gasteiger partial charge in [0.2, 0.25) is 5.91 Å². The van der Waals surface area contributed by atoms with Crippen molar-refractivity contribution in [1.82, 2.24) is 4.90 Å². The van der Waals surface area contributed by atoms with Crippen LogP contribution in [0.1, 0.15) is 21.4 Å². The van der Waals surface area contributed by atoms with E-state index in [-0.39, 0.29) is 5.91 Å². The van der Waals surface area contributed by atoms with Gasteiger partial charge < -0.3 is 4.90 Å². The highest BCUT2D eigenvalue weighted by atomic mass is 35.5. The highest BCUT2D eigenvalue weighted by Gasteiger charge is 2.21. The van der Waals surface area contributed by atoms with Gasteiger partial charge in [-0.05, 0) is 29.5 Å². The molecule has 1 unspecified atom stereocenters. The molecule has 2 nitrogen and oxygen atoms in total. The molecular weight excluding hydrogens is 278 g/mol. The van der Waals surface area contributed by atoms with E-state index in [1.54, 1.807) is 23.3 Å². The molecule has 1 atom stereocenters. The molecule has 2 aromatic rings. The van der Waals surface area contributed by atoms with Crippen molar-refractivity contribution in [3.05, 3.63) is 57.8 Å². The number of aryl methyl sites for hydroxylation is 1. The first kappa shape index (κ1) is 14.1. The summed E-state index contributed by atoms with van der Waals surface area (Å²) in [6.45, 7) is 2.66. The first-order chi connectivity index (χ1) is 9.09. The Morgan fingerprint density at radius 1 is 1.32 bits per heavy atom. The molecule has 1 amide bonds. The van der Waals surface area contributed by atoms with Gasteiger partial charge in [0.1, 0.15) is 5.38 Å². The maximum Gasteiger partial charge on any atom is 0.245 e. The van der Waals surface area contributed by atoms with Gasteiger partial charge in [0.25, 0.3) is 0 Å². The molecule has 0 fully saturated rings. The minimum atomic E-state index is -0.619. The third-order valence-corrected chi connectivity index (χ3v) is 4.48. The van der Waals surface area contributed by atoms with Crippen molar-refractivity contribution in [2.45, 2.75) is 18.8 Å². The lowest BCUT2D eigenvalue weighted by Gasteiger charge is -2.20. The third kappa shape index (κ3) is 3.37. The fraction of sp³-hybridized carbons (Fsp3) is 0.267. The summed E-state index contributed by atoms with van der Waals surface area (Å²) < 4.78 is 0. The van der Waals surface area contributed by atoms with E-state index in [2.05, 4.69) is 13.0 Å². The fourth-order valence-corrected chi connectivity index (χ4v) is 3.09. The molecule has 0 radical (unpaired) electrons. The maximum atomic E-state index is 12.3. The van der Waals surface area contributed by atoms with E-state index >= 15 is 0 Å². The van der Waals surface area contributed by atoms with E-state index < -0.39 is 5.38 Å². The molecule has 19 heavy (non-hydrogen) atoms. The van der Waals surface area contributed by atoms with Crippen molar-refractivity contribution in [2.24, 2.45) is 0 Å². The average Bonchev–Trinajstić information content (AvgIpc) is 2.83. The molecule has 0 saturated carbocycles. The molecule has 0 aliphatic heterocycles. The zero-order chi connectivity index (χ0) is 13.8. The van der Waals surface area contributed by atoms with E-state index in [1.165, 1.54) is 10.4 Å². The Balaban J connectivity index is 2.05. The molecule has 0 saturated heterocycles. The smallest absolute Gasteiger partial charge is 0.245 e. The summed E-state index contributed by atoms with van der Waals surface area (Å²) in [5, 5.41) is 1.42. The molecule has 0 aliphatic rings. The first-order valence-corrected chi connectivity index (χ1v) is 7.38. The second-order valence-corrected chi connectivity index (χ2v) is 5.93. The van der Waals surface area contributed by atoms with Crippen LogP contribution in [0.25, 0.3) is 0 Å². The molecule has 0 aliphatic carbocycles. The fourth-order valence-electron chi connectivity index (χ4n) is 1.82. The third-order valence-electron chi connectivity index (χ3n) is 3.03. The summed E-state index contributed by atoms with van der Waals surface area (Å²) in [5.74, 6) is -0.0688. The lowest BCUT2D eigenvalue weighted by molar-refractivity contribution is -0.130. The van der Waals surface area contributed by atoms with Crippen molar-refractivity contribution in [1.29, 1.82) is 0 Å². The van der Waals surface area contributed by atoms with Crippen LogP contribution in [0, 0.1) is 6.92 Å². The van der Waals surface area contributed by atoms with Crippen molar-refractivity contribution in [2.75, 3.05) is 7.05 Å². The van der Waals surface area contributed by atoms with Crippen molar-refractivity contribution >= 4 is 28.8 Å². The van der Waals surface area contributed by atoms with Gasteiger partial charge in [-0.3, -0.25) is 4.79 Å². The number of thiophene rings is 1. The Bertz CT molecular complexity index is 552. The number of benzene rings is 1. The lowest BCUT2D eigenvalue weighted by atomic mass is 10.1. The SMILES string of the molecule is Cc1ccsc1CN(C)C(=O)C(Cl)c1ccccc1. The summed E-state index contributed by atoms with van der Waals surface area (Å²) in [6.07, 6.45) is 0. The Morgan fingerprint density at radius 3 is 2.58 bits per heavy atom. The highest BCUT2D eigenvalue weighted by Crippen LogP contribution is 2.24. The number of rotatable bonds is 4. The zero-order valence-electron chi connectivity index (χ0n) is 11.0. The zero-order valence-corrected chi connectivity index (χ0v) is 12.5. The maximum absolute atomic E-state index is 12.3. The van der Waals surface area contributed by atoms with Gasteiger partial charge in [0.15, 0.2) is 0 Å². The summed E-state index contributed by atoms with van der Waals surface area (Å²) >= 11 is 7.91. The Hall–Kier alpha value is -1.32. The summed E-state index contributed by atoms with van der Waals surface area (Å²) in [6, 6.07) is 11.5. The molecule has 4 heteroatoms. The normalized spacial score (nSPS) is 12.2. The van der Waals surface area contributed by atoms with Gasteiger partial charge >= 0.3 is 0 Å². The van der Waals surface area contributed by atoms with Crippen LogP contribution in [-0.2, 0) is 11.3 Å². The molecule has 0 bridgehead atoms. The topological polar surface area (TPSA) is 20.3 Å². The number of alkyl halides is 1. The predicted molar refractivity (Wildman–Crippen MR) is 80.6 cm³/mol. The average molecular weight is 294 g/mol. The van der Waals surface area contributed by atoms with E-state index in [4.69, 9.17) is 11.6 Å². The van der Waals surface area contributed by atoms with Crippen LogP contribution in [0.5, 0.6) is 0 Å². The second-order valence-electron chi connectivity index (χ2n) is 4.49. The Labute approximate surface area is 122 Å². The summed E-state index contributed by atoms with van der Waals surface area (Å²) in [7, 11) is 1.79. The van der Waals surface area contributed by atoms with Gasteiger partial charge in [-0.2, -0.15) is 0 Å². The molecule has 0 N–H and O–H groups in total. The first-order valence-electron chi connectivity index (χ1n) is 6.06. The minimum Gasteiger partial charge on any atom is -0.339 e. The molecule has 0 spiro atoms. The molecule has 2 rings (SSSR count). The molecular formula is C15H16ClNOS. The largest absolute Gasteiger partial charge is 0.339 e. The number of halogens is 1. The number of carbonyl (C=O) groups is 1.